The quantitative estimate of drug-likeness (QED) is 0.946. The largest absolute Gasteiger partial charge is 0.497 e. The van der Waals surface area contributed by atoms with Crippen LogP contribution in [0, 0.1) is 0 Å². The summed E-state index contributed by atoms with van der Waals surface area (Å²) in [6.45, 7) is 0.526. The Kier molecular flexibility index (Phi) is 3.99. The summed E-state index contributed by atoms with van der Waals surface area (Å²) < 4.78 is 5.28. The maximum absolute atomic E-state index is 10.1. The monoisotopic (exact) mass is 304 g/mol. The maximum atomic E-state index is 10.1. The van der Waals surface area contributed by atoms with Crippen LogP contribution in [0.1, 0.15) is 18.0 Å². The highest BCUT2D eigenvalue weighted by molar-refractivity contribution is 6.32. The Labute approximate surface area is 128 Å². The van der Waals surface area contributed by atoms with E-state index in [-0.39, 0.29) is 12.1 Å². The number of pyridine rings is 1. The zero-order valence-corrected chi connectivity index (χ0v) is 12.5. The number of β-amino-alcohol motifs (C(OH)–C–C–N with tert-alkyl or cyclic N) is 1. The zero-order chi connectivity index (χ0) is 14.8. The first-order valence-corrected chi connectivity index (χ1v) is 7.26. The number of ether oxygens (including phenoxy) is 1. The predicted octanol–water partition coefficient (Wildman–Crippen LogP) is 3.06. The molecule has 1 saturated heterocycles. The van der Waals surface area contributed by atoms with Gasteiger partial charge in [-0.15, -0.1) is 0 Å². The van der Waals surface area contributed by atoms with Crippen LogP contribution in [0.2, 0.25) is 5.02 Å². The molecule has 0 aliphatic carbocycles. The molecule has 1 N–H and O–H groups in total. The van der Waals surface area contributed by atoms with Gasteiger partial charge in [-0.05, 0) is 36.2 Å². The van der Waals surface area contributed by atoms with Crippen molar-refractivity contribution in [3.63, 3.8) is 0 Å². The van der Waals surface area contributed by atoms with Crippen LogP contribution in [-0.2, 0) is 0 Å². The van der Waals surface area contributed by atoms with Crippen molar-refractivity contribution in [2.75, 3.05) is 18.6 Å². The average molecular weight is 305 g/mol. The molecule has 1 aliphatic heterocycles. The van der Waals surface area contributed by atoms with Gasteiger partial charge in [0.2, 0.25) is 0 Å². The van der Waals surface area contributed by atoms with Gasteiger partial charge in [0.25, 0.3) is 0 Å². The van der Waals surface area contributed by atoms with E-state index in [0.717, 1.165) is 11.3 Å². The van der Waals surface area contributed by atoms with Crippen molar-refractivity contribution >= 4 is 17.4 Å². The van der Waals surface area contributed by atoms with E-state index in [1.165, 1.54) is 0 Å². The van der Waals surface area contributed by atoms with Crippen LogP contribution in [-0.4, -0.2) is 29.8 Å². The molecule has 1 fully saturated rings. The molecule has 5 heteroatoms. The van der Waals surface area contributed by atoms with Gasteiger partial charge < -0.3 is 14.7 Å². The van der Waals surface area contributed by atoms with Crippen molar-refractivity contribution in [2.45, 2.75) is 18.6 Å². The number of aliphatic hydroxyl groups is 1. The molecule has 1 aromatic carbocycles. The summed E-state index contributed by atoms with van der Waals surface area (Å²) in [5, 5.41) is 10.7. The van der Waals surface area contributed by atoms with E-state index in [0.29, 0.717) is 23.8 Å². The number of hydrogen-bond donors (Lipinski definition) is 1. The summed E-state index contributed by atoms with van der Waals surface area (Å²) in [5.41, 5.74) is 1.09. The van der Waals surface area contributed by atoms with E-state index in [1.54, 1.807) is 19.4 Å². The molecule has 0 bridgehead atoms. The molecule has 2 atom stereocenters. The fourth-order valence-corrected chi connectivity index (χ4v) is 3.03. The Balaban J connectivity index is 1.97. The fourth-order valence-electron chi connectivity index (χ4n) is 2.80. The van der Waals surface area contributed by atoms with E-state index in [1.807, 2.05) is 30.3 Å². The maximum Gasteiger partial charge on any atom is 0.147 e. The number of aromatic nitrogens is 1. The molecule has 2 aromatic rings. The van der Waals surface area contributed by atoms with Gasteiger partial charge in [-0.1, -0.05) is 23.7 Å². The Morgan fingerprint density at radius 2 is 2.19 bits per heavy atom. The third-order valence-corrected chi connectivity index (χ3v) is 4.06. The first kappa shape index (κ1) is 14.2. The number of benzene rings is 1. The van der Waals surface area contributed by atoms with E-state index < -0.39 is 0 Å². The first-order valence-electron chi connectivity index (χ1n) is 6.88. The van der Waals surface area contributed by atoms with Gasteiger partial charge in [-0.25, -0.2) is 4.98 Å². The van der Waals surface area contributed by atoms with E-state index >= 15 is 0 Å². The molecule has 21 heavy (non-hydrogen) atoms. The predicted molar refractivity (Wildman–Crippen MR) is 83.0 cm³/mol. The van der Waals surface area contributed by atoms with Crippen LogP contribution in [0.15, 0.2) is 42.6 Å². The van der Waals surface area contributed by atoms with Crippen molar-refractivity contribution in [2.24, 2.45) is 0 Å². The number of aliphatic hydroxyl groups excluding tert-OH is 1. The molecule has 1 aromatic heterocycles. The summed E-state index contributed by atoms with van der Waals surface area (Å²) in [6.07, 6.45) is 1.98. The molecule has 4 nitrogen and oxygen atoms in total. The number of anilines is 1. The van der Waals surface area contributed by atoms with Gasteiger partial charge in [0.1, 0.15) is 11.6 Å². The minimum atomic E-state index is -0.390. The number of rotatable bonds is 3. The van der Waals surface area contributed by atoms with E-state index in [2.05, 4.69) is 9.88 Å². The lowest BCUT2D eigenvalue weighted by Gasteiger charge is -2.26. The minimum Gasteiger partial charge on any atom is -0.497 e. The molecule has 1 aliphatic rings. The van der Waals surface area contributed by atoms with Crippen molar-refractivity contribution in [3.05, 3.63) is 53.2 Å². The molecule has 0 amide bonds. The first-order chi connectivity index (χ1) is 10.2. The van der Waals surface area contributed by atoms with Gasteiger partial charge in [0.15, 0.2) is 0 Å². The van der Waals surface area contributed by atoms with Crippen molar-refractivity contribution in [3.8, 4) is 5.75 Å². The summed E-state index contributed by atoms with van der Waals surface area (Å²) in [4.78, 5) is 6.42. The Hall–Kier alpha value is -1.78. The third-order valence-electron chi connectivity index (χ3n) is 3.77. The second-order valence-electron chi connectivity index (χ2n) is 5.14. The number of hydrogen-bond acceptors (Lipinski definition) is 4. The van der Waals surface area contributed by atoms with Crippen LogP contribution in [0.3, 0.4) is 0 Å². The highest BCUT2D eigenvalue weighted by atomic mass is 35.5. The lowest BCUT2D eigenvalue weighted by Crippen LogP contribution is -2.25. The minimum absolute atomic E-state index is 0.0440. The highest BCUT2D eigenvalue weighted by Crippen LogP contribution is 2.38. The molecule has 3 rings (SSSR count). The SMILES string of the molecule is COc1cccc([C@H]2C[C@H](O)CN2c2ncccc2Cl)c1. The number of nitrogens with zero attached hydrogens (tertiary/aromatic N) is 2. The van der Waals surface area contributed by atoms with Crippen molar-refractivity contribution in [1.29, 1.82) is 0 Å². The summed E-state index contributed by atoms with van der Waals surface area (Å²) in [6, 6.07) is 11.6. The number of methoxy groups -OCH3 is 1. The van der Waals surface area contributed by atoms with Crippen LogP contribution in [0.5, 0.6) is 5.75 Å². The molecule has 0 radical (unpaired) electrons. The smallest absolute Gasteiger partial charge is 0.147 e. The van der Waals surface area contributed by atoms with Gasteiger partial charge in [0, 0.05) is 12.7 Å². The van der Waals surface area contributed by atoms with E-state index in [4.69, 9.17) is 16.3 Å². The second-order valence-corrected chi connectivity index (χ2v) is 5.55. The molecule has 110 valence electrons. The molecule has 0 unspecified atom stereocenters. The molecular formula is C16H17ClN2O2. The van der Waals surface area contributed by atoms with Crippen LogP contribution in [0.25, 0.3) is 0 Å². The van der Waals surface area contributed by atoms with Crippen LogP contribution in [0.4, 0.5) is 5.82 Å². The van der Waals surface area contributed by atoms with Crippen LogP contribution >= 0.6 is 11.6 Å². The van der Waals surface area contributed by atoms with Gasteiger partial charge in [0.05, 0.1) is 24.3 Å². The fraction of sp³-hybridized carbons (Fsp3) is 0.312. The Morgan fingerprint density at radius 1 is 1.33 bits per heavy atom. The van der Waals surface area contributed by atoms with Crippen molar-refractivity contribution < 1.29 is 9.84 Å². The highest BCUT2D eigenvalue weighted by Gasteiger charge is 2.34. The lowest BCUT2D eigenvalue weighted by molar-refractivity contribution is 0.194. The van der Waals surface area contributed by atoms with E-state index in [9.17, 15) is 5.11 Å². The van der Waals surface area contributed by atoms with Crippen molar-refractivity contribution in [1.82, 2.24) is 4.98 Å². The summed E-state index contributed by atoms with van der Waals surface area (Å²) in [7, 11) is 1.65. The molecule has 0 saturated carbocycles. The zero-order valence-electron chi connectivity index (χ0n) is 11.7. The molecular weight excluding hydrogens is 288 g/mol. The lowest BCUT2D eigenvalue weighted by atomic mass is 10.0. The Bertz CT molecular complexity index is 635. The Morgan fingerprint density at radius 3 is 2.95 bits per heavy atom. The summed E-state index contributed by atoms with van der Waals surface area (Å²) in [5.74, 6) is 1.52. The van der Waals surface area contributed by atoms with Gasteiger partial charge in [-0.2, -0.15) is 0 Å². The third kappa shape index (κ3) is 2.82. The second kappa shape index (κ2) is 5.92. The summed E-state index contributed by atoms with van der Waals surface area (Å²) >= 11 is 6.25. The van der Waals surface area contributed by atoms with Gasteiger partial charge >= 0.3 is 0 Å². The average Bonchev–Trinajstić information content (AvgIpc) is 2.89. The van der Waals surface area contributed by atoms with Gasteiger partial charge in [-0.3, -0.25) is 0 Å². The number of halogens is 1. The molecule has 2 heterocycles. The normalized spacial score (nSPS) is 21.6. The van der Waals surface area contributed by atoms with Crippen LogP contribution < -0.4 is 9.64 Å². The topological polar surface area (TPSA) is 45.6 Å². The standard InChI is InChI=1S/C16H17ClN2O2/c1-21-13-5-2-4-11(8-13)15-9-12(20)10-19(15)16-14(17)6-3-7-18-16/h2-8,12,15,20H,9-10H2,1H3/t12-,15+/m0/s1. The molecule has 0 spiro atoms.